The van der Waals surface area contributed by atoms with E-state index in [0.717, 1.165) is 51.0 Å². The zero-order valence-electron chi connectivity index (χ0n) is 14.6. The third-order valence-electron chi connectivity index (χ3n) is 4.75. The van der Waals surface area contributed by atoms with E-state index in [1.54, 1.807) is 12.3 Å². The maximum absolute atomic E-state index is 12.5. The van der Waals surface area contributed by atoms with Crippen LogP contribution in [0.3, 0.4) is 0 Å². The van der Waals surface area contributed by atoms with E-state index in [4.69, 9.17) is 4.74 Å². The lowest BCUT2D eigenvalue weighted by molar-refractivity contribution is 0.0740. The molecule has 0 unspecified atom stereocenters. The van der Waals surface area contributed by atoms with Crippen molar-refractivity contribution in [1.29, 1.82) is 0 Å². The highest BCUT2D eigenvalue weighted by Gasteiger charge is 2.24. The molecule has 0 bridgehead atoms. The molecule has 0 aromatic carbocycles. The molecule has 0 radical (unpaired) electrons. The van der Waals surface area contributed by atoms with E-state index in [1.165, 1.54) is 0 Å². The monoisotopic (exact) mass is 354 g/mol. The zero-order chi connectivity index (χ0) is 17.8. The standard InChI is InChI=1S/C18H22N6O2/c25-18(15-3-1-2-6-19-15)24-9-7-22(8-10-24)16-4-5-17(21-20-16)23-11-13-26-14-12-23/h1-6H,7-14H2. The summed E-state index contributed by atoms with van der Waals surface area (Å²) >= 11 is 0. The fourth-order valence-corrected chi connectivity index (χ4v) is 3.24. The molecule has 2 aliphatic heterocycles. The quantitative estimate of drug-likeness (QED) is 0.802. The first-order chi connectivity index (χ1) is 12.8. The van der Waals surface area contributed by atoms with Gasteiger partial charge in [-0.1, -0.05) is 6.07 Å². The number of hydrogen-bond acceptors (Lipinski definition) is 7. The number of aromatic nitrogens is 3. The van der Waals surface area contributed by atoms with Gasteiger partial charge in [-0.3, -0.25) is 9.78 Å². The first-order valence-corrected chi connectivity index (χ1v) is 8.93. The van der Waals surface area contributed by atoms with Crippen LogP contribution < -0.4 is 9.80 Å². The van der Waals surface area contributed by atoms with Crippen molar-refractivity contribution >= 4 is 17.5 Å². The molecule has 0 spiro atoms. The smallest absolute Gasteiger partial charge is 0.272 e. The van der Waals surface area contributed by atoms with Crippen LogP contribution in [0.4, 0.5) is 11.6 Å². The molecule has 0 saturated carbocycles. The second-order valence-electron chi connectivity index (χ2n) is 6.34. The van der Waals surface area contributed by atoms with Crippen LogP contribution in [0.15, 0.2) is 36.5 Å². The lowest BCUT2D eigenvalue weighted by atomic mass is 10.2. The molecule has 26 heavy (non-hydrogen) atoms. The number of rotatable bonds is 3. The Kier molecular flexibility index (Phi) is 4.92. The third-order valence-corrected chi connectivity index (χ3v) is 4.75. The number of piperazine rings is 1. The van der Waals surface area contributed by atoms with Gasteiger partial charge in [0.05, 0.1) is 13.2 Å². The van der Waals surface area contributed by atoms with E-state index in [9.17, 15) is 4.79 Å². The van der Waals surface area contributed by atoms with Gasteiger partial charge in [-0.2, -0.15) is 0 Å². The first kappa shape index (κ1) is 16.7. The predicted molar refractivity (Wildman–Crippen MR) is 97.4 cm³/mol. The van der Waals surface area contributed by atoms with Gasteiger partial charge in [-0.25, -0.2) is 0 Å². The van der Waals surface area contributed by atoms with Gasteiger partial charge in [0, 0.05) is 45.5 Å². The molecule has 2 fully saturated rings. The van der Waals surface area contributed by atoms with Crippen molar-refractivity contribution in [2.45, 2.75) is 0 Å². The number of anilines is 2. The topological polar surface area (TPSA) is 74.7 Å². The Balaban J connectivity index is 1.35. The van der Waals surface area contributed by atoms with Crippen molar-refractivity contribution in [3.05, 3.63) is 42.2 Å². The van der Waals surface area contributed by atoms with Crippen molar-refractivity contribution in [2.24, 2.45) is 0 Å². The van der Waals surface area contributed by atoms with E-state index >= 15 is 0 Å². The number of ether oxygens (including phenoxy) is 1. The summed E-state index contributed by atoms with van der Waals surface area (Å²) in [6.07, 6.45) is 1.65. The summed E-state index contributed by atoms with van der Waals surface area (Å²) in [5.74, 6) is 1.73. The summed E-state index contributed by atoms with van der Waals surface area (Å²) in [7, 11) is 0. The largest absolute Gasteiger partial charge is 0.378 e. The van der Waals surface area contributed by atoms with Crippen molar-refractivity contribution in [1.82, 2.24) is 20.1 Å². The van der Waals surface area contributed by atoms with Gasteiger partial charge in [0.2, 0.25) is 0 Å². The van der Waals surface area contributed by atoms with Crippen LogP contribution in [0.25, 0.3) is 0 Å². The molecule has 8 heteroatoms. The normalized spacial score (nSPS) is 18.1. The molecular weight excluding hydrogens is 332 g/mol. The van der Waals surface area contributed by atoms with Crippen LogP contribution in [-0.4, -0.2) is 78.5 Å². The second kappa shape index (κ2) is 7.65. The van der Waals surface area contributed by atoms with Crippen LogP contribution >= 0.6 is 0 Å². The average Bonchev–Trinajstić information content (AvgIpc) is 2.75. The van der Waals surface area contributed by atoms with Gasteiger partial charge in [-0.15, -0.1) is 10.2 Å². The van der Waals surface area contributed by atoms with Crippen LogP contribution in [0.1, 0.15) is 10.5 Å². The number of amides is 1. The van der Waals surface area contributed by atoms with Crippen molar-refractivity contribution < 1.29 is 9.53 Å². The highest BCUT2D eigenvalue weighted by Crippen LogP contribution is 2.18. The molecule has 2 aliphatic rings. The zero-order valence-corrected chi connectivity index (χ0v) is 14.6. The molecule has 1 amide bonds. The van der Waals surface area contributed by atoms with Gasteiger partial charge < -0.3 is 19.4 Å². The van der Waals surface area contributed by atoms with Crippen LogP contribution in [-0.2, 0) is 4.74 Å². The van der Waals surface area contributed by atoms with E-state index < -0.39 is 0 Å². The van der Waals surface area contributed by atoms with Crippen LogP contribution in [0, 0.1) is 0 Å². The Morgan fingerprint density at radius 1 is 0.846 bits per heavy atom. The SMILES string of the molecule is O=C(c1ccccn1)N1CCN(c2ccc(N3CCOCC3)nn2)CC1. The summed E-state index contributed by atoms with van der Waals surface area (Å²) in [6, 6.07) is 9.42. The van der Waals surface area contributed by atoms with Gasteiger partial charge in [0.1, 0.15) is 5.69 Å². The van der Waals surface area contributed by atoms with Gasteiger partial charge >= 0.3 is 0 Å². The number of nitrogens with zero attached hydrogens (tertiary/aromatic N) is 6. The van der Waals surface area contributed by atoms with Crippen molar-refractivity contribution in [3.63, 3.8) is 0 Å². The number of morpholine rings is 1. The molecule has 2 saturated heterocycles. The maximum atomic E-state index is 12.5. The summed E-state index contributed by atoms with van der Waals surface area (Å²) in [6.45, 7) is 5.95. The summed E-state index contributed by atoms with van der Waals surface area (Å²) in [5.41, 5.74) is 0.496. The lowest BCUT2D eigenvalue weighted by Crippen LogP contribution is -2.49. The fourth-order valence-electron chi connectivity index (χ4n) is 3.24. The molecule has 4 rings (SSSR count). The molecular formula is C18H22N6O2. The lowest BCUT2D eigenvalue weighted by Gasteiger charge is -2.35. The number of pyridine rings is 1. The van der Waals surface area contributed by atoms with E-state index in [-0.39, 0.29) is 5.91 Å². The summed E-state index contributed by atoms with van der Waals surface area (Å²) in [5, 5.41) is 8.75. The Bertz CT molecular complexity index is 725. The Hall–Kier alpha value is -2.74. The molecule has 4 heterocycles. The molecule has 0 atom stereocenters. The fraction of sp³-hybridized carbons (Fsp3) is 0.444. The highest BCUT2D eigenvalue weighted by molar-refractivity contribution is 5.92. The Labute approximate surface area is 152 Å². The summed E-state index contributed by atoms with van der Waals surface area (Å²) in [4.78, 5) is 22.8. The molecule has 136 valence electrons. The molecule has 8 nitrogen and oxygen atoms in total. The highest BCUT2D eigenvalue weighted by atomic mass is 16.5. The Morgan fingerprint density at radius 3 is 2.08 bits per heavy atom. The summed E-state index contributed by atoms with van der Waals surface area (Å²) < 4.78 is 5.37. The van der Waals surface area contributed by atoms with Gasteiger partial charge in [0.25, 0.3) is 5.91 Å². The minimum Gasteiger partial charge on any atom is -0.378 e. The Morgan fingerprint density at radius 2 is 1.50 bits per heavy atom. The molecule has 0 aliphatic carbocycles. The number of carbonyl (C=O) groups is 1. The van der Waals surface area contributed by atoms with E-state index in [1.807, 2.05) is 29.2 Å². The second-order valence-corrected chi connectivity index (χ2v) is 6.34. The number of hydrogen-bond donors (Lipinski definition) is 0. The van der Waals surface area contributed by atoms with Crippen molar-refractivity contribution in [3.8, 4) is 0 Å². The molecule has 2 aromatic heterocycles. The minimum atomic E-state index is -0.0148. The first-order valence-electron chi connectivity index (χ1n) is 8.93. The average molecular weight is 354 g/mol. The van der Waals surface area contributed by atoms with Crippen LogP contribution in [0.2, 0.25) is 0 Å². The van der Waals surface area contributed by atoms with Gasteiger partial charge in [-0.05, 0) is 24.3 Å². The van der Waals surface area contributed by atoms with E-state index in [2.05, 4.69) is 25.0 Å². The van der Waals surface area contributed by atoms with Crippen molar-refractivity contribution in [2.75, 3.05) is 62.3 Å². The third kappa shape index (κ3) is 3.60. The maximum Gasteiger partial charge on any atom is 0.272 e. The van der Waals surface area contributed by atoms with Crippen LogP contribution in [0.5, 0.6) is 0 Å². The van der Waals surface area contributed by atoms with E-state index in [0.29, 0.717) is 18.8 Å². The van der Waals surface area contributed by atoms with Gasteiger partial charge in [0.15, 0.2) is 11.6 Å². The number of carbonyl (C=O) groups excluding carboxylic acids is 1. The molecule has 2 aromatic rings. The predicted octanol–water partition coefficient (Wildman–Crippen LogP) is 0.671. The minimum absolute atomic E-state index is 0.0148. The molecule has 0 N–H and O–H groups in total.